The van der Waals surface area contributed by atoms with Gasteiger partial charge in [-0.3, -0.25) is 4.79 Å². The lowest BCUT2D eigenvalue weighted by atomic mass is 10.1. The SMILES string of the molecule is C[C@H](Sc1nc(C(F)(F)F)nc2ccccc12)C(=O)N[C@@H](C)CCc1ccccc1. The third-order valence-corrected chi connectivity index (χ3v) is 5.68. The maximum atomic E-state index is 13.2. The lowest BCUT2D eigenvalue weighted by Gasteiger charge is -2.18. The molecule has 0 unspecified atom stereocenters. The Bertz CT molecular complexity index is 1010. The van der Waals surface area contributed by atoms with Gasteiger partial charge in [0.2, 0.25) is 11.7 Å². The highest BCUT2D eigenvalue weighted by molar-refractivity contribution is 8.00. The van der Waals surface area contributed by atoms with E-state index in [0.717, 1.165) is 24.6 Å². The van der Waals surface area contributed by atoms with Gasteiger partial charge in [-0.15, -0.1) is 0 Å². The quantitative estimate of drug-likeness (QED) is 0.408. The number of rotatable bonds is 7. The van der Waals surface area contributed by atoms with E-state index in [9.17, 15) is 18.0 Å². The van der Waals surface area contributed by atoms with Crippen LogP contribution in [0.15, 0.2) is 59.6 Å². The third-order valence-electron chi connectivity index (χ3n) is 4.58. The van der Waals surface area contributed by atoms with E-state index in [2.05, 4.69) is 15.3 Å². The number of benzene rings is 2. The number of para-hydroxylation sites is 1. The zero-order valence-corrected chi connectivity index (χ0v) is 17.4. The molecule has 30 heavy (non-hydrogen) atoms. The van der Waals surface area contributed by atoms with Crippen LogP contribution >= 0.6 is 11.8 Å². The van der Waals surface area contributed by atoms with Crippen molar-refractivity contribution in [3.63, 3.8) is 0 Å². The predicted octanol–water partition coefficient (Wildman–Crippen LogP) is 5.27. The van der Waals surface area contributed by atoms with Crippen LogP contribution in [0.4, 0.5) is 13.2 Å². The average molecular weight is 433 g/mol. The number of thioether (sulfide) groups is 1. The first-order chi connectivity index (χ1) is 14.2. The van der Waals surface area contributed by atoms with Crippen molar-refractivity contribution in [2.45, 2.75) is 49.2 Å². The van der Waals surface area contributed by atoms with Gasteiger partial charge in [0.1, 0.15) is 5.03 Å². The Labute approximate surface area is 177 Å². The van der Waals surface area contributed by atoms with E-state index in [1.807, 2.05) is 37.3 Å². The van der Waals surface area contributed by atoms with Crippen LogP contribution in [0, 0.1) is 0 Å². The second-order valence-electron chi connectivity index (χ2n) is 7.06. The highest BCUT2D eigenvalue weighted by Crippen LogP contribution is 2.33. The number of aryl methyl sites for hydroxylation is 1. The molecule has 0 fully saturated rings. The largest absolute Gasteiger partial charge is 0.451 e. The first-order valence-corrected chi connectivity index (χ1v) is 10.5. The van der Waals surface area contributed by atoms with Gasteiger partial charge >= 0.3 is 6.18 Å². The number of aromatic nitrogens is 2. The van der Waals surface area contributed by atoms with Crippen molar-refractivity contribution in [2.24, 2.45) is 0 Å². The zero-order valence-electron chi connectivity index (χ0n) is 16.6. The van der Waals surface area contributed by atoms with Gasteiger partial charge in [-0.1, -0.05) is 60.3 Å². The molecule has 0 saturated heterocycles. The molecule has 0 saturated carbocycles. The molecule has 4 nitrogen and oxygen atoms in total. The maximum absolute atomic E-state index is 13.2. The second-order valence-corrected chi connectivity index (χ2v) is 8.39. The van der Waals surface area contributed by atoms with Gasteiger partial charge in [-0.2, -0.15) is 13.2 Å². The molecule has 2 atom stereocenters. The minimum atomic E-state index is -4.66. The summed E-state index contributed by atoms with van der Waals surface area (Å²) in [6.07, 6.45) is -3.06. The van der Waals surface area contributed by atoms with Crippen LogP contribution in [-0.2, 0) is 17.4 Å². The van der Waals surface area contributed by atoms with Crippen LogP contribution in [-0.4, -0.2) is 27.2 Å². The van der Waals surface area contributed by atoms with Crippen molar-refractivity contribution >= 4 is 28.6 Å². The van der Waals surface area contributed by atoms with Gasteiger partial charge in [-0.05, 0) is 38.3 Å². The van der Waals surface area contributed by atoms with Crippen LogP contribution in [0.1, 0.15) is 31.7 Å². The number of nitrogens with zero attached hydrogens (tertiary/aromatic N) is 2. The van der Waals surface area contributed by atoms with E-state index in [0.29, 0.717) is 5.39 Å². The standard InChI is InChI=1S/C22H22F3N3OS/c1-14(12-13-16-8-4-3-5-9-16)26-19(29)15(2)30-20-17-10-6-7-11-18(17)27-21(28-20)22(23,24)25/h3-11,14-15H,12-13H2,1-2H3,(H,26,29)/t14-,15-/m0/s1. The molecule has 1 amide bonds. The van der Waals surface area contributed by atoms with Gasteiger partial charge in [0.15, 0.2) is 0 Å². The monoisotopic (exact) mass is 433 g/mol. The molecule has 0 radical (unpaired) electrons. The highest BCUT2D eigenvalue weighted by atomic mass is 32.2. The Balaban J connectivity index is 1.68. The average Bonchev–Trinajstić information content (AvgIpc) is 2.72. The van der Waals surface area contributed by atoms with Gasteiger partial charge in [0, 0.05) is 11.4 Å². The molecule has 1 heterocycles. The number of fused-ring (bicyclic) bond motifs is 1. The summed E-state index contributed by atoms with van der Waals surface area (Å²) >= 11 is 1.00. The molecule has 0 bridgehead atoms. The van der Waals surface area contributed by atoms with Crippen LogP contribution in [0.3, 0.4) is 0 Å². The molecule has 158 valence electrons. The van der Waals surface area contributed by atoms with Gasteiger partial charge in [0.25, 0.3) is 0 Å². The van der Waals surface area contributed by atoms with Gasteiger partial charge in [0.05, 0.1) is 10.8 Å². The summed E-state index contributed by atoms with van der Waals surface area (Å²) in [4.78, 5) is 19.9. The summed E-state index contributed by atoms with van der Waals surface area (Å²) in [5.74, 6) is -1.44. The molecule has 0 spiro atoms. The topological polar surface area (TPSA) is 54.9 Å². The summed E-state index contributed by atoms with van der Waals surface area (Å²) < 4.78 is 39.5. The number of hydrogen-bond donors (Lipinski definition) is 1. The number of alkyl halides is 3. The molecule has 0 aliphatic carbocycles. The third kappa shape index (κ3) is 5.72. The van der Waals surface area contributed by atoms with Crippen molar-refractivity contribution < 1.29 is 18.0 Å². The van der Waals surface area contributed by atoms with E-state index in [1.54, 1.807) is 25.1 Å². The van der Waals surface area contributed by atoms with Crippen molar-refractivity contribution in [3.05, 3.63) is 66.0 Å². The Morgan fingerprint density at radius 3 is 2.40 bits per heavy atom. The lowest BCUT2D eigenvalue weighted by molar-refractivity contribution is -0.145. The minimum absolute atomic E-state index is 0.0614. The van der Waals surface area contributed by atoms with Crippen LogP contribution < -0.4 is 5.32 Å². The normalized spacial score (nSPS) is 13.8. The van der Waals surface area contributed by atoms with E-state index < -0.39 is 17.3 Å². The number of hydrogen-bond acceptors (Lipinski definition) is 4. The van der Waals surface area contributed by atoms with Crippen molar-refractivity contribution in [2.75, 3.05) is 0 Å². The molecule has 1 N–H and O–H groups in total. The minimum Gasteiger partial charge on any atom is -0.353 e. The van der Waals surface area contributed by atoms with Crippen molar-refractivity contribution in [1.82, 2.24) is 15.3 Å². The fourth-order valence-electron chi connectivity index (χ4n) is 2.95. The van der Waals surface area contributed by atoms with Crippen LogP contribution in [0.5, 0.6) is 0 Å². The van der Waals surface area contributed by atoms with Crippen molar-refractivity contribution in [3.8, 4) is 0 Å². The highest BCUT2D eigenvalue weighted by Gasteiger charge is 2.36. The number of carbonyl (C=O) groups excluding carboxylic acids is 1. The molecule has 0 aliphatic rings. The molecule has 1 aromatic heterocycles. The summed E-state index contributed by atoms with van der Waals surface area (Å²) in [5, 5.41) is 2.97. The number of amides is 1. The fourth-order valence-corrected chi connectivity index (χ4v) is 3.89. The number of nitrogens with one attached hydrogen (secondary N) is 1. The lowest BCUT2D eigenvalue weighted by Crippen LogP contribution is -2.37. The van der Waals surface area contributed by atoms with E-state index in [-0.39, 0.29) is 22.5 Å². The summed E-state index contributed by atoms with van der Waals surface area (Å²) in [6.45, 7) is 3.58. The molecule has 3 rings (SSSR count). The molecule has 2 aromatic carbocycles. The summed E-state index contributed by atoms with van der Waals surface area (Å²) in [5.41, 5.74) is 1.39. The van der Waals surface area contributed by atoms with Crippen molar-refractivity contribution in [1.29, 1.82) is 0 Å². The Morgan fingerprint density at radius 1 is 1.03 bits per heavy atom. The van der Waals surface area contributed by atoms with Gasteiger partial charge in [-0.25, -0.2) is 9.97 Å². The summed E-state index contributed by atoms with van der Waals surface area (Å²) in [7, 11) is 0. The smallest absolute Gasteiger partial charge is 0.353 e. The maximum Gasteiger partial charge on any atom is 0.451 e. The Hall–Kier alpha value is -2.61. The summed E-state index contributed by atoms with van der Waals surface area (Å²) in [6, 6.07) is 16.4. The Kier molecular flexibility index (Phi) is 6.97. The fraction of sp³-hybridized carbons (Fsp3) is 0.318. The molecular weight excluding hydrogens is 411 g/mol. The Morgan fingerprint density at radius 2 is 1.70 bits per heavy atom. The molecular formula is C22H22F3N3OS. The number of halogens is 3. The van der Waals surface area contributed by atoms with Gasteiger partial charge < -0.3 is 5.32 Å². The number of carbonyl (C=O) groups is 1. The first-order valence-electron chi connectivity index (χ1n) is 9.59. The zero-order chi connectivity index (χ0) is 21.7. The predicted molar refractivity (Wildman–Crippen MR) is 112 cm³/mol. The molecule has 8 heteroatoms. The first kappa shape index (κ1) is 22.1. The molecule has 3 aromatic rings. The van der Waals surface area contributed by atoms with Crippen LogP contribution in [0.2, 0.25) is 0 Å². The van der Waals surface area contributed by atoms with E-state index in [4.69, 9.17) is 0 Å². The van der Waals surface area contributed by atoms with E-state index in [1.165, 1.54) is 11.6 Å². The van der Waals surface area contributed by atoms with E-state index >= 15 is 0 Å². The second kappa shape index (κ2) is 9.47. The van der Waals surface area contributed by atoms with Crippen LogP contribution in [0.25, 0.3) is 10.9 Å². The molecule has 0 aliphatic heterocycles.